The first-order chi connectivity index (χ1) is 11.0. The van der Waals surface area contributed by atoms with Crippen LogP contribution in [-0.2, 0) is 9.59 Å². The monoisotopic (exact) mass is 319 g/mol. The molecule has 1 aromatic carbocycles. The zero-order chi connectivity index (χ0) is 16.8. The largest absolute Gasteiger partial charge is 0.484 e. The summed E-state index contributed by atoms with van der Waals surface area (Å²) < 4.78 is 5.56. The van der Waals surface area contributed by atoms with Crippen molar-refractivity contribution in [3.05, 3.63) is 29.8 Å². The number of likely N-dealkylation sites (tertiary alicyclic amines) is 1. The average molecular weight is 319 g/mol. The molecule has 1 aliphatic heterocycles. The van der Waals surface area contributed by atoms with Crippen molar-refractivity contribution >= 4 is 11.8 Å². The summed E-state index contributed by atoms with van der Waals surface area (Å²) in [7, 11) is 0. The first kappa shape index (κ1) is 17.3. The van der Waals surface area contributed by atoms with E-state index in [0.29, 0.717) is 37.6 Å². The van der Waals surface area contributed by atoms with Crippen LogP contribution in [-0.4, -0.2) is 36.4 Å². The van der Waals surface area contributed by atoms with Crippen LogP contribution in [0.2, 0.25) is 0 Å². The van der Waals surface area contributed by atoms with E-state index in [2.05, 4.69) is 19.3 Å². The third-order valence-electron chi connectivity index (χ3n) is 4.27. The highest BCUT2D eigenvalue weighted by molar-refractivity contribution is 5.80. The van der Waals surface area contributed by atoms with Crippen LogP contribution >= 0.6 is 0 Å². The van der Waals surface area contributed by atoms with E-state index in [1.807, 2.05) is 24.3 Å². The molecule has 0 spiro atoms. The fraction of sp³-hybridized carbons (Fsp3) is 0.529. The molecule has 126 valence electrons. The minimum atomic E-state index is -0.154. The van der Waals surface area contributed by atoms with Gasteiger partial charge in [-0.2, -0.15) is 0 Å². The van der Waals surface area contributed by atoms with Crippen molar-refractivity contribution in [1.29, 1.82) is 0 Å². The van der Waals surface area contributed by atoms with Crippen molar-refractivity contribution in [2.75, 3.05) is 19.7 Å². The fourth-order valence-corrected chi connectivity index (χ4v) is 2.69. The van der Waals surface area contributed by atoms with Crippen LogP contribution in [0, 0.1) is 5.92 Å². The number of benzene rings is 1. The quantitative estimate of drug-likeness (QED) is 0.488. The maximum absolute atomic E-state index is 12.2. The Morgan fingerprint density at radius 1 is 1.26 bits per heavy atom. The summed E-state index contributed by atoms with van der Waals surface area (Å²) in [5.41, 5.74) is 3.41. The summed E-state index contributed by atoms with van der Waals surface area (Å²) in [6, 6.07) is 7.81. The molecule has 0 bridgehead atoms. The van der Waals surface area contributed by atoms with Gasteiger partial charge in [0.25, 0.3) is 5.91 Å². The Labute approximate surface area is 136 Å². The van der Waals surface area contributed by atoms with Gasteiger partial charge in [-0.05, 0) is 36.5 Å². The molecule has 0 saturated carbocycles. The van der Waals surface area contributed by atoms with Gasteiger partial charge in [-0.25, -0.2) is 5.84 Å². The fourth-order valence-electron chi connectivity index (χ4n) is 2.69. The molecule has 23 heavy (non-hydrogen) atoms. The number of piperidine rings is 1. The number of hydrazine groups is 1. The van der Waals surface area contributed by atoms with Gasteiger partial charge in [-0.1, -0.05) is 26.0 Å². The van der Waals surface area contributed by atoms with Crippen LogP contribution in [0.5, 0.6) is 5.75 Å². The summed E-state index contributed by atoms with van der Waals surface area (Å²) in [6.07, 6.45) is 1.27. The molecule has 6 nitrogen and oxygen atoms in total. The highest BCUT2D eigenvalue weighted by atomic mass is 16.5. The Hall–Kier alpha value is -2.08. The minimum Gasteiger partial charge on any atom is -0.484 e. The molecule has 6 heteroatoms. The Kier molecular flexibility index (Phi) is 5.98. The molecule has 1 aliphatic rings. The number of carbonyl (C=O) groups excluding carboxylic acids is 2. The van der Waals surface area contributed by atoms with Gasteiger partial charge in [0.15, 0.2) is 6.61 Å². The molecule has 2 amide bonds. The molecular weight excluding hydrogens is 294 g/mol. The van der Waals surface area contributed by atoms with Gasteiger partial charge in [-0.15, -0.1) is 0 Å². The second-order valence-corrected chi connectivity index (χ2v) is 6.18. The topological polar surface area (TPSA) is 84.7 Å². The summed E-state index contributed by atoms with van der Waals surface area (Å²) in [6.45, 7) is 5.41. The Balaban J connectivity index is 1.78. The molecule has 1 saturated heterocycles. The lowest BCUT2D eigenvalue weighted by atomic mass is 9.96. The van der Waals surface area contributed by atoms with Crippen LogP contribution in [0.1, 0.15) is 38.2 Å². The van der Waals surface area contributed by atoms with E-state index >= 15 is 0 Å². The zero-order valence-corrected chi connectivity index (χ0v) is 13.7. The summed E-state index contributed by atoms with van der Waals surface area (Å²) >= 11 is 0. The van der Waals surface area contributed by atoms with E-state index < -0.39 is 0 Å². The number of nitrogens with two attached hydrogens (primary N) is 1. The molecule has 0 radical (unpaired) electrons. The molecule has 2 rings (SSSR count). The normalized spacial score (nSPS) is 15.6. The van der Waals surface area contributed by atoms with Gasteiger partial charge in [-0.3, -0.25) is 15.0 Å². The smallest absolute Gasteiger partial charge is 0.260 e. The third-order valence-corrected chi connectivity index (χ3v) is 4.27. The van der Waals surface area contributed by atoms with Crippen molar-refractivity contribution in [3.63, 3.8) is 0 Å². The number of hydrogen-bond donors (Lipinski definition) is 2. The molecule has 0 aliphatic carbocycles. The molecule has 0 aromatic heterocycles. The standard InChI is InChI=1S/C17H25N3O3/c1-12(2)13-3-5-15(6-4-13)23-11-16(21)20-9-7-14(8-10-20)17(22)19-18/h3-6,12,14H,7-11,18H2,1-2H3,(H,19,22). The minimum absolute atomic E-state index is 0.0226. The number of amides is 2. The first-order valence-corrected chi connectivity index (χ1v) is 8.02. The number of rotatable bonds is 5. The van der Waals surface area contributed by atoms with Crippen LogP contribution in [0.25, 0.3) is 0 Å². The van der Waals surface area contributed by atoms with Gasteiger partial charge < -0.3 is 9.64 Å². The summed E-state index contributed by atoms with van der Waals surface area (Å²) in [5, 5.41) is 0. The number of ether oxygens (including phenoxy) is 1. The van der Waals surface area contributed by atoms with Crippen LogP contribution in [0.3, 0.4) is 0 Å². The van der Waals surface area contributed by atoms with E-state index in [0.717, 1.165) is 0 Å². The van der Waals surface area contributed by atoms with Crippen molar-refractivity contribution in [3.8, 4) is 5.75 Å². The predicted molar refractivity (Wildman–Crippen MR) is 87.7 cm³/mol. The Morgan fingerprint density at radius 3 is 2.39 bits per heavy atom. The number of nitrogens with one attached hydrogen (secondary N) is 1. The first-order valence-electron chi connectivity index (χ1n) is 8.02. The van der Waals surface area contributed by atoms with E-state index in [1.165, 1.54) is 5.56 Å². The van der Waals surface area contributed by atoms with Gasteiger partial charge in [0.2, 0.25) is 5.91 Å². The molecule has 0 unspecified atom stereocenters. The highest BCUT2D eigenvalue weighted by Crippen LogP contribution is 2.20. The third kappa shape index (κ3) is 4.69. The molecule has 1 heterocycles. The lowest BCUT2D eigenvalue weighted by Crippen LogP contribution is -2.45. The molecular formula is C17H25N3O3. The van der Waals surface area contributed by atoms with Crippen molar-refractivity contribution in [1.82, 2.24) is 10.3 Å². The van der Waals surface area contributed by atoms with E-state index in [1.54, 1.807) is 4.90 Å². The Bertz CT molecular complexity index is 535. The molecule has 1 fully saturated rings. The summed E-state index contributed by atoms with van der Waals surface area (Å²) in [4.78, 5) is 25.4. The number of nitrogens with zero attached hydrogens (tertiary/aromatic N) is 1. The van der Waals surface area contributed by atoms with E-state index in [4.69, 9.17) is 10.6 Å². The van der Waals surface area contributed by atoms with Crippen molar-refractivity contribution in [2.45, 2.75) is 32.6 Å². The van der Waals surface area contributed by atoms with Crippen molar-refractivity contribution in [2.24, 2.45) is 11.8 Å². The van der Waals surface area contributed by atoms with Gasteiger partial charge in [0, 0.05) is 19.0 Å². The van der Waals surface area contributed by atoms with Crippen molar-refractivity contribution < 1.29 is 14.3 Å². The maximum Gasteiger partial charge on any atom is 0.260 e. The van der Waals surface area contributed by atoms with Gasteiger partial charge in [0.1, 0.15) is 5.75 Å². The van der Waals surface area contributed by atoms with E-state index in [-0.39, 0.29) is 24.3 Å². The van der Waals surface area contributed by atoms with E-state index in [9.17, 15) is 9.59 Å². The predicted octanol–water partition coefficient (Wildman–Crippen LogP) is 1.42. The second kappa shape index (κ2) is 7.97. The number of hydrogen-bond acceptors (Lipinski definition) is 4. The Morgan fingerprint density at radius 2 is 1.87 bits per heavy atom. The van der Waals surface area contributed by atoms with Crippen LogP contribution in [0.4, 0.5) is 0 Å². The SMILES string of the molecule is CC(C)c1ccc(OCC(=O)N2CCC(C(=O)NN)CC2)cc1. The van der Waals surface area contributed by atoms with Gasteiger partial charge >= 0.3 is 0 Å². The summed E-state index contributed by atoms with van der Waals surface area (Å²) in [5.74, 6) is 5.99. The molecule has 1 aromatic rings. The molecule has 0 atom stereocenters. The van der Waals surface area contributed by atoms with Crippen LogP contribution in [0.15, 0.2) is 24.3 Å². The second-order valence-electron chi connectivity index (χ2n) is 6.18. The molecule has 3 N–H and O–H groups in total. The average Bonchev–Trinajstić information content (AvgIpc) is 2.59. The maximum atomic E-state index is 12.2. The number of carbonyl (C=O) groups is 2. The lowest BCUT2D eigenvalue weighted by molar-refractivity contribution is -0.137. The van der Waals surface area contributed by atoms with Crippen LogP contribution < -0.4 is 16.0 Å². The lowest BCUT2D eigenvalue weighted by Gasteiger charge is -2.30. The highest BCUT2D eigenvalue weighted by Gasteiger charge is 2.26. The van der Waals surface area contributed by atoms with Gasteiger partial charge in [0.05, 0.1) is 0 Å². The zero-order valence-electron chi connectivity index (χ0n) is 13.7.